The van der Waals surface area contributed by atoms with Gasteiger partial charge in [0, 0.05) is 18.7 Å². The largest absolute Gasteiger partial charge is 0.494 e. The lowest BCUT2D eigenvalue weighted by atomic mass is 10.1. The number of nitrogens with one attached hydrogen (secondary N) is 2. The zero-order valence-corrected chi connectivity index (χ0v) is 15.2. The minimum absolute atomic E-state index is 0.178. The summed E-state index contributed by atoms with van der Waals surface area (Å²) < 4.78 is 11.2. The monoisotopic (exact) mass is 350 g/mol. The van der Waals surface area contributed by atoms with Gasteiger partial charge in [0.25, 0.3) is 5.91 Å². The summed E-state index contributed by atoms with van der Waals surface area (Å²) in [4.78, 5) is 12.3. The Kier molecular flexibility index (Phi) is 7.46. The van der Waals surface area contributed by atoms with E-state index in [1.54, 1.807) is 12.1 Å². The van der Waals surface area contributed by atoms with Crippen LogP contribution in [0.1, 0.15) is 43.5 Å². The fraction of sp³-hybridized carbons (Fsp3) is 0.556. The van der Waals surface area contributed by atoms with E-state index in [0.29, 0.717) is 35.5 Å². The van der Waals surface area contributed by atoms with Gasteiger partial charge >= 0.3 is 0 Å². The van der Waals surface area contributed by atoms with E-state index in [1.807, 2.05) is 12.1 Å². The van der Waals surface area contributed by atoms with Crippen LogP contribution in [0, 0.1) is 5.92 Å². The van der Waals surface area contributed by atoms with Crippen molar-refractivity contribution in [2.45, 2.75) is 39.2 Å². The van der Waals surface area contributed by atoms with Gasteiger partial charge in [-0.1, -0.05) is 19.9 Å². The summed E-state index contributed by atoms with van der Waals surface area (Å²) in [5.74, 6) is 1.04. The smallest absolute Gasteiger partial charge is 0.257 e. The summed E-state index contributed by atoms with van der Waals surface area (Å²) in [6.07, 6.45) is 3.26. The number of hydrogen-bond donors (Lipinski definition) is 2. The van der Waals surface area contributed by atoms with Crippen LogP contribution in [-0.4, -0.2) is 36.9 Å². The van der Waals surface area contributed by atoms with Gasteiger partial charge in [-0.25, -0.2) is 0 Å². The number of ether oxygens (including phenoxy) is 2. The number of carbonyl (C=O) groups is 1. The summed E-state index contributed by atoms with van der Waals surface area (Å²) in [6.45, 7) is 6.37. The molecule has 1 saturated heterocycles. The molecule has 1 heterocycles. The van der Waals surface area contributed by atoms with Crippen LogP contribution in [0.15, 0.2) is 24.3 Å². The van der Waals surface area contributed by atoms with Gasteiger partial charge in [0.05, 0.1) is 12.7 Å². The summed E-state index contributed by atoms with van der Waals surface area (Å²) in [7, 11) is 0. The molecule has 0 spiro atoms. The molecule has 0 aliphatic carbocycles. The van der Waals surface area contributed by atoms with E-state index in [0.717, 1.165) is 25.9 Å². The molecule has 0 radical (unpaired) electrons. The van der Waals surface area contributed by atoms with Crippen molar-refractivity contribution in [1.82, 2.24) is 10.6 Å². The molecule has 1 atom stereocenters. The van der Waals surface area contributed by atoms with Gasteiger partial charge in [0.1, 0.15) is 5.75 Å². The van der Waals surface area contributed by atoms with Crippen LogP contribution in [0.2, 0.25) is 0 Å². The Labute approximate surface area is 149 Å². The van der Waals surface area contributed by atoms with Gasteiger partial charge in [-0.05, 0) is 55.6 Å². The molecule has 2 rings (SSSR count). The Bertz CT molecular complexity index is 557. The van der Waals surface area contributed by atoms with Crippen molar-refractivity contribution in [3.63, 3.8) is 0 Å². The standard InChI is InChI=1S/C18H26N2O3S/c1-13(2)8-10-23-15-6-3-5-14(11-15)17(21)20-18(24)19-12-16-7-4-9-22-16/h3,5-6,11,13,16H,4,7-10,12H2,1-2H3,(H2,19,20,21,24). The minimum Gasteiger partial charge on any atom is -0.494 e. The van der Waals surface area contributed by atoms with Crippen LogP contribution in [0.3, 0.4) is 0 Å². The van der Waals surface area contributed by atoms with Crippen LogP contribution in [-0.2, 0) is 4.74 Å². The maximum atomic E-state index is 12.3. The van der Waals surface area contributed by atoms with Crippen molar-refractivity contribution in [2.75, 3.05) is 19.8 Å². The predicted octanol–water partition coefficient (Wildman–Crippen LogP) is 2.89. The second kappa shape index (κ2) is 9.59. The van der Waals surface area contributed by atoms with Crippen molar-refractivity contribution in [2.24, 2.45) is 5.92 Å². The molecule has 1 fully saturated rings. The Balaban J connectivity index is 1.79. The predicted molar refractivity (Wildman–Crippen MR) is 98.4 cm³/mol. The fourth-order valence-electron chi connectivity index (χ4n) is 2.37. The van der Waals surface area contributed by atoms with E-state index in [4.69, 9.17) is 21.7 Å². The number of rotatable bonds is 7. The third kappa shape index (κ3) is 6.45. The van der Waals surface area contributed by atoms with Gasteiger partial charge in [0.2, 0.25) is 0 Å². The maximum absolute atomic E-state index is 12.3. The molecule has 2 N–H and O–H groups in total. The molecule has 6 heteroatoms. The summed E-state index contributed by atoms with van der Waals surface area (Å²) in [5, 5.41) is 6.04. The Morgan fingerprint density at radius 2 is 2.29 bits per heavy atom. The first-order valence-corrected chi connectivity index (χ1v) is 8.89. The first-order valence-electron chi connectivity index (χ1n) is 8.48. The zero-order chi connectivity index (χ0) is 17.4. The minimum atomic E-state index is -0.242. The summed E-state index contributed by atoms with van der Waals surface area (Å²) >= 11 is 5.17. The second-order valence-electron chi connectivity index (χ2n) is 6.36. The SMILES string of the molecule is CC(C)CCOc1cccc(C(=O)NC(=S)NCC2CCCO2)c1. The topological polar surface area (TPSA) is 59.6 Å². The Morgan fingerprint density at radius 1 is 1.46 bits per heavy atom. The quantitative estimate of drug-likeness (QED) is 0.741. The molecule has 5 nitrogen and oxygen atoms in total. The molecule has 1 aliphatic rings. The molecule has 1 amide bonds. The van der Waals surface area contributed by atoms with E-state index < -0.39 is 0 Å². The number of carbonyl (C=O) groups excluding carboxylic acids is 1. The number of thiocarbonyl (C=S) groups is 1. The van der Waals surface area contributed by atoms with Crippen molar-refractivity contribution in [1.29, 1.82) is 0 Å². The normalized spacial score (nSPS) is 16.9. The molecular formula is C18H26N2O3S. The molecule has 1 unspecified atom stereocenters. The second-order valence-corrected chi connectivity index (χ2v) is 6.77. The first kappa shape index (κ1) is 18.7. The van der Waals surface area contributed by atoms with E-state index in [2.05, 4.69) is 24.5 Å². The van der Waals surface area contributed by atoms with Crippen molar-refractivity contribution < 1.29 is 14.3 Å². The molecule has 1 aromatic carbocycles. The van der Waals surface area contributed by atoms with Gasteiger partial charge < -0.3 is 14.8 Å². The van der Waals surface area contributed by atoms with Crippen LogP contribution in [0.4, 0.5) is 0 Å². The van der Waals surface area contributed by atoms with Crippen molar-refractivity contribution in [3.8, 4) is 5.75 Å². The highest BCUT2D eigenvalue weighted by Crippen LogP contribution is 2.14. The van der Waals surface area contributed by atoms with Crippen LogP contribution in [0.5, 0.6) is 5.75 Å². The van der Waals surface area contributed by atoms with E-state index in [1.165, 1.54) is 0 Å². The lowest BCUT2D eigenvalue weighted by Gasteiger charge is -2.13. The van der Waals surface area contributed by atoms with Crippen LogP contribution in [0.25, 0.3) is 0 Å². The molecule has 1 aromatic rings. The summed E-state index contributed by atoms with van der Waals surface area (Å²) in [5.41, 5.74) is 0.526. The third-order valence-electron chi connectivity index (χ3n) is 3.80. The van der Waals surface area contributed by atoms with E-state index >= 15 is 0 Å². The maximum Gasteiger partial charge on any atom is 0.257 e. The average Bonchev–Trinajstić information content (AvgIpc) is 3.06. The highest BCUT2D eigenvalue weighted by atomic mass is 32.1. The Morgan fingerprint density at radius 3 is 3.00 bits per heavy atom. The summed E-state index contributed by atoms with van der Waals surface area (Å²) in [6, 6.07) is 7.14. The third-order valence-corrected chi connectivity index (χ3v) is 4.05. The van der Waals surface area contributed by atoms with Gasteiger partial charge in [-0.15, -0.1) is 0 Å². The molecule has 0 aromatic heterocycles. The van der Waals surface area contributed by atoms with E-state index in [-0.39, 0.29) is 12.0 Å². The van der Waals surface area contributed by atoms with Gasteiger partial charge in [-0.2, -0.15) is 0 Å². The average molecular weight is 350 g/mol. The van der Waals surface area contributed by atoms with E-state index in [9.17, 15) is 4.79 Å². The van der Waals surface area contributed by atoms with Gasteiger partial charge in [0.15, 0.2) is 5.11 Å². The number of benzene rings is 1. The molecule has 0 saturated carbocycles. The fourth-order valence-corrected chi connectivity index (χ4v) is 2.55. The van der Waals surface area contributed by atoms with Crippen LogP contribution >= 0.6 is 12.2 Å². The zero-order valence-electron chi connectivity index (χ0n) is 14.3. The highest BCUT2D eigenvalue weighted by Gasteiger charge is 2.16. The molecule has 132 valence electrons. The van der Waals surface area contributed by atoms with Crippen molar-refractivity contribution >= 4 is 23.2 Å². The van der Waals surface area contributed by atoms with Gasteiger partial charge in [-0.3, -0.25) is 10.1 Å². The van der Waals surface area contributed by atoms with Crippen molar-refractivity contribution in [3.05, 3.63) is 29.8 Å². The molecular weight excluding hydrogens is 324 g/mol. The molecule has 1 aliphatic heterocycles. The number of amides is 1. The molecule has 24 heavy (non-hydrogen) atoms. The Hall–Kier alpha value is -1.66. The first-order chi connectivity index (χ1) is 11.5. The highest BCUT2D eigenvalue weighted by molar-refractivity contribution is 7.80. The number of hydrogen-bond acceptors (Lipinski definition) is 4. The molecule has 0 bridgehead atoms. The van der Waals surface area contributed by atoms with Crippen LogP contribution < -0.4 is 15.4 Å². The lowest BCUT2D eigenvalue weighted by Crippen LogP contribution is -2.42. The lowest BCUT2D eigenvalue weighted by molar-refractivity contribution is 0.0972.